The van der Waals surface area contributed by atoms with Crippen LogP contribution in [0.2, 0.25) is 0 Å². The first-order valence-corrected chi connectivity index (χ1v) is 14.2. The molecule has 0 heterocycles. The van der Waals surface area contributed by atoms with E-state index in [0.717, 1.165) is 55.7 Å². The number of fused-ring (bicyclic) bond motifs is 1. The predicted molar refractivity (Wildman–Crippen MR) is 153 cm³/mol. The van der Waals surface area contributed by atoms with E-state index in [1.54, 1.807) is 6.07 Å². The molecule has 0 aliphatic heterocycles. The molecule has 1 fully saturated rings. The molecule has 4 aromatic carbocycles. The van der Waals surface area contributed by atoms with Crippen molar-refractivity contribution in [3.05, 3.63) is 113 Å². The lowest BCUT2D eigenvalue weighted by Crippen LogP contribution is -2.25. The molecule has 11 heteroatoms. The van der Waals surface area contributed by atoms with Gasteiger partial charge in [0.25, 0.3) is 0 Å². The zero-order valence-corrected chi connectivity index (χ0v) is 23.9. The van der Waals surface area contributed by atoms with Crippen LogP contribution in [0.3, 0.4) is 0 Å². The molecular formula is C35H24F10O. The average Bonchev–Trinajstić information content (AvgIpc) is 2.96. The van der Waals surface area contributed by atoms with Gasteiger partial charge in [0.2, 0.25) is 0 Å². The van der Waals surface area contributed by atoms with Crippen molar-refractivity contribution >= 4 is 10.8 Å². The SMILES string of the molecule is C=CCC1CCC(c2ccc(-c3cc(F)c(C(F)(F)Oc4ccc5c(F)c(C#CC(F)(F)F)c(F)cc5c4)c(F)c3)c(F)c2)CC1. The number of hydrogen-bond acceptors (Lipinski definition) is 1. The first kappa shape index (κ1) is 32.9. The Morgan fingerprint density at radius 3 is 2.07 bits per heavy atom. The van der Waals surface area contributed by atoms with Crippen LogP contribution in [0.4, 0.5) is 43.9 Å². The van der Waals surface area contributed by atoms with Gasteiger partial charge in [-0.3, -0.25) is 0 Å². The molecule has 5 rings (SSSR count). The van der Waals surface area contributed by atoms with Gasteiger partial charge in [-0.25, -0.2) is 22.0 Å². The number of alkyl halides is 5. The van der Waals surface area contributed by atoms with Crippen molar-refractivity contribution in [1.82, 2.24) is 0 Å². The van der Waals surface area contributed by atoms with Crippen LogP contribution in [0.15, 0.2) is 67.3 Å². The minimum absolute atomic E-state index is 0.115. The quantitative estimate of drug-likeness (QED) is 0.110. The van der Waals surface area contributed by atoms with E-state index in [0.29, 0.717) is 30.2 Å². The molecule has 46 heavy (non-hydrogen) atoms. The summed E-state index contributed by atoms with van der Waals surface area (Å²) in [5, 5.41) is -0.875. The number of ether oxygens (including phenoxy) is 1. The monoisotopic (exact) mass is 650 g/mol. The minimum Gasteiger partial charge on any atom is -0.429 e. The van der Waals surface area contributed by atoms with Crippen molar-refractivity contribution < 1.29 is 48.6 Å². The zero-order valence-electron chi connectivity index (χ0n) is 23.9. The maximum atomic E-state index is 15.1. The van der Waals surface area contributed by atoms with Crippen LogP contribution in [0, 0.1) is 46.8 Å². The molecule has 0 N–H and O–H groups in total. The van der Waals surface area contributed by atoms with E-state index in [1.807, 2.05) is 6.08 Å². The van der Waals surface area contributed by atoms with Gasteiger partial charge in [-0.05, 0) is 103 Å². The maximum Gasteiger partial charge on any atom is 0.458 e. The summed E-state index contributed by atoms with van der Waals surface area (Å²) in [7, 11) is 0. The Labute approximate surface area is 257 Å². The number of hydrogen-bond donors (Lipinski definition) is 0. The van der Waals surface area contributed by atoms with Crippen LogP contribution >= 0.6 is 0 Å². The second-order valence-electron chi connectivity index (χ2n) is 11.1. The lowest BCUT2D eigenvalue weighted by atomic mass is 9.77. The summed E-state index contributed by atoms with van der Waals surface area (Å²) >= 11 is 0. The Kier molecular flexibility index (Phi) is 9.12. The molecule has 0 unspecified atom stereocenters. The molecule has 0 bridgehead atoms. The Morgan fingerprint density at radius 2 is 1.46 bits per heavy atom. The standard InChI is InChI=1S/C35H24F10O/c1-2-3-19-4-6-20(7-5-19)21-8-10-25(28(36)15-21)23-17-30(38)32(31(39)18-23)35(44,45)46-24-9-11-26-22(14-24)16-29(37)27(33(26)40)12-13-34(41,42)43/h2,8-11,14-20H,1,3-7H2. The van der Waals surface area contributed by atoms with E-state index in [9.17, 15) is 22.0 Å². The van der Waals surface area contributed by atoms with E-state index in [4.69, 9.17) is 0 Å². The summed E-state index contributed by atoms with van der Waals surface area (Å²) < 4.78 is 146. The summed E-state index contributed by atoms with van der Waals surface area (Å²) in [4.78, 5) is 0. The highest BCUT2D eigenvalue weighted by Gasteiger charge is 2.41. The summed E-state index contributed by atoms with van der Waals surface area (Å²) in [5.41, 5.74) is -2.77. The summed E-state index contributed by atoms with van der Waals surface area (Å²) in [6, 6.07) is 8.19. The van der Waals surface area contributed by atoms with Gasteiger partial charge in [-0.15, -0.1) is 6.58 Å². The zero-order chi connectivity index (χ0) is 33.4. The largest absolute Gasteiger partial charge is 0.458 e. The average molecular weight is 651 g/mol. The lowest BCUT2D eigenvalue weighted by molar-refractivity contribution is -0.189. The third kappa shape index (κ3) is 7.01. The van der Waals surface area contributed by atoms with Gasteiger partial charge in [0, 0.05) is 16.9 Å². The van der Waals surface area contributed by atoms with Gasteiger partial charge >= 0.3 is 12.3 Å². The molecule has 1 saturated carbocycles. The number of allylic oxidation sites excluding steroid dienone is 1. The highest BCUT2D eigenvalue weighted by atomic mass is 19.4. The number of halogens is 10. The Morgan fingerprint density at radius 1 is 0.783 bits per heavy atom. The molecule has 1 aliphatic carbocycles. The van der Waals surface area contributed by atoms with Crippen LogP contribution in [-0.4, -0.2) is 6.18 Å². The highest BCUT2D eigenvalue weighted by Crippen LogP contribution is 2.41. The van der Waals surface area contributed by atoms with Crippen LogP contribution in [0.5, 0.6) is 5.75 Å². The summed E-state index contributed by atoms with van der Waals surface area (Å²) in [6.45, 7) is 3.76. The predicted octanol–water partition coefficient (Wildman–Crippen LogP) is 11.1. The molecule has 0 saturated heterocycles. The lowest BCUT2D eigenvalue weighted by Gasteiger charge is -2.28. The fourth-order valence-electron chi connectivity index (χ4n) is 5.81. The molecule has 0 atom stereocenters. The van der Waals surface area contributed by atoms with Crippen LogP contribution in [-0.2, 0) is 6.11 Å². The maximum absolute atomic E-state index is 15.1. The molecular weight excluding hydrogens is 626 g/mol. The Bertz CT molecular complexity index is 1830. The smallest absolute Gasteiger partial charge is 0.429 e. The second kappa shape index (κ2) is 12.7. The number of rotatable bonds is 7. The van der Waals surface area contributed by atoms with Crippen molar-refractivity contribution in [3.63, 3.8) is 0 Å². The molecule has 0 amide bonds. The van der Waals surface area contributed by atoms with E-state index < -0.39 is 69.0 Å². The topological polar surface area (TPSA) is 9.23 Å². The number of benzene rings is 4. The third-order valence-electron chi connectivity index (χ3n) is 8.03. The summed E-state index contributed by atoms with van der Waals surface area (Å²) in [5.74, 6) is -5.26. The third-order valence-corrected chi connectivity index (χ3v) is 8.03. The van der Waals surface area contributed by atoms with Gasteiger partial charge in [0.15, 0.2) is 0 Å². The first-order valence-electron chi connectivity index (χ1n) is 14.2. The van der Waals surface area contributed by atoms with Crippen molar-refractivity contribution in [2.24, 2.45) is 5.92 Å². The van der Waals surface area contributed by atoms with Crippen LogP contribution in [0.25, 0.3) is 21.9 Å². The van der Waals surface area contributed by atoms with Crippen LogP contribution in [0.1, 0.15) is 54.7 Å². The first-order chi connectivity index (χ1) is 21.7. The highest BCUT2D eigenvalue weighted by molar-refractivity contribution is 5.86. The fraction of sp³-hybridized carbons (Fsp3) is 0.257. The molecule has 1 aliphatic rings. The van der Waals surface area contributed by atoms with Gasteiger partial charge in [0.05, 0.1) is 5.56 Å². The van der Waals surface area contributed by atoms with Crippen molar-refractivity contribution in [2.75, 3.05) is 0 Å². The fourth-order valence-corrected chi connectivity index (χ4v) is 5.81. The summed E-state index contributed by atoms with van der Waals surface area (Å²) in [6.07, 6.45) is -3.27. The van der Waals surface area contributed by atoms with E-state index in [1.165, 1.54) is 18.1 Å². The Balaban J connectivity index is 1.38. The molecule has 1 nitrogen and oxygen atoms in total. The van der Waals surface area contributed by atoms with E-state index in [2.05, 4.69) is 11.3 Å². The second-order valence-corrected chi connectivity index (χ2v) is 11.1. The van der Waals surface area contributed by atoms with Crippen molar-refractivity contribution in [1.29, 1.82) is 0 Å². The van der Waals surface area contributed by atoms with E-state index in [-0.39, 0.29) is 17.0 Å². The molecule has 0 spiro atoms. The van der Waals surface area contributed by atoms with Gasteiger partial charge in [0.1, 0.15) is 40.4 Å². The normalized spacial score (nSPS) is 17.0. The van der Waals surface area contributed by atoms with Crippen molar-refractivity contribution in [3.8, 4) is 28.7 Å². The van der Waals surface area contributed by atoms with Gasteiger partial charge < -0.3 is 4.74 Å². The van der Waals surface area contributed by atoms with Crippen LogP contribution < -0.4 is 4.74 Å². The van der Waals surface area contributed by atoms with E-state index >= 15 is 22.0 Å². The van der Waals surface area contributed by atoms with Crippen molar-refractivity contribution in [2.45, 2.75) is 50.3 Å². The Hall–Kier alpha value is -4.46. The molecule has 0 aromatic heterocycles. The minimum atomic E-state index is -5.02. The van der Waals surface area contributed by atoms with Gasteiger partial charge in [-0.2, -0.15) is 22.0 Å². The molecule has 4 aromatic rings. The van der Waals surface area contributed by atoms with Gasteiger partial charge in [-0.1, -0.05) is 24.1 Å². The molecule has 0 radical (unpaired) electrons. The molecule has 240 valence electrons.